The summed E-state index contributed by atoms with van der Waals surface area (Å²) < 4.78 is 149. The van der Waals surface area contributed by atoms with E-state index in [1.807, 2.05) is 0 Å². The highest BCUT2D eigenvalue weighted by Crippen LogP contribution is 2.36. The lowest BCUT2D eigenvalue weighted by Crippen LogP contribution is -2.22. The van der Waals surface area contributed by atoms with Gasteiger partial charge in [-0.2, -0.15) is 53.0 Å². The summed E-state index contributed by atoms with van der Waals surface area (Å²) in [5.41, 5.74) is -4.68. The van der Waals surface area contributed by atoms with E-state index in [9.17, 15) is 66.2 Å². The van der Waals surface area contributed by atoms with Crippen LogP contribution in [0.2, 0.25) is 0 Å². The molecule has 0 spiro atoms. The van der Waals surface area contributed by atoms with Crippen LogP contribution < -0.4 is 16.2 Å². The Balaban J connectivity index is 1.86. The number of benzene rings is 2. The van der Waals surface area contributed by atoms with Gasteiger partial charge in [0.25, 0.3) is 46.0 Å². The van der Waals surface area contributed by atoms with E-state index < -0.39 is 113 Å². The number of hydrogen-bond donors (Lipinski definition) is 7. The zero-order valence-electron chi connectivity index (χ0n) is 25.5. The Morgan fingerprint density at radius 1 is 0.824 bits per heavy atom. The molecule has 27 heteroatoms. The third-order valence-electron chi connectivity index (χ3n) is 6.54. The third-order valence-corrected chi connectivity index (χ3v) is 9.82. The number of rotatable bonds is 12. The van der Waals surface area contributed by atoms with Crippen LogP contribution in [0.3, 0.4) is 0 Å². The molecule has 0 radical (unpaired) electrons. The van der Waals surface area contributed by atoms with Crippen molar-refractivity contribution in [1.29, 1.82) is 0 Å². The molecule has 0 atom stereocenters. The number of nitrogens with zero attached hydrogens (tertiary/aromatic N) is 6. The number of azo groups is 1. The predicted molar refractivity (Wildman–Crippen MR) is 171 cm³/mol. The van der Waals surface area contributed by atoms with Crippen molar-refractivity contribution in [2.75, 3.05) is 10.6 Å². The molecular weight excluding hydrogens is 772 g/mol. The number of aromatic nitrogens is 4. The van der Waals surface area contributed by atoms with Crippen LogP contribution >= 0.6 is 0 Å². The van der Waals surface area contributed by atoms with Crippen molar-refractivity contribution in [3.8, 4) is 5.88 Å². The van der Waals surface area contributed by atoms with Crippen molar-refractivity contribution < 1.29 is 61.4 Å². The van der Waals surface area contributed by atoms with Gasteiger partial charge in [0.15, 0.2) is 11.6 Å². The second-order valence-electron chi connectivity index (χ2n) is 10.0. The lowest BCUT2D eigenvalue weighted by Gasteiger charge is -2.15. The van der Waals surface area contributed by atoms with E-state index in [0.29, 0.717) is 16.7 Å². The predicted octanol–water partition coefficient (Wildman–Crippen LogP) is 2.24. The Morgan fingerprint density at radius 3 is 1.98 bits per heavy atom. The fourth-order valence-electron chi connectivity index (χ4n) is 4.32. The van der Waals surface area contributed by atoms with Gasteiger partial charge in [0.05, 0.1) is 10.6 Å². The minimum Gasteiger partial charge on any atom is -0.494 e. The standard InChI is InChI=1S/C24H23FN8O14S4/c1-3-33-20(34)14(10-48(36,37)38)11(2)19(21(33)35)32-31-16-9-17(50(42,43)44)15(8-18(16)51(45,46)47)27-24-29-22(25)28-23(30-24)26-12-5-4-6-13(7-12)49(39,40)41/h4-9,34H,3,10H2,1-2H3,(H,36,37,38)(H,39,40,41)(H,42,43,44)(H,45,46,47)(H2,26,27,28,29,30). The molecule has 4 aromatic rings. The molecule has 2 heterocycles. The summed E-state index contributed by atoms with van der Waals surface area (Å²) in [7, 11) is -20.2. The summed E-state index contributed by atoms with van der Waals surface area (Å²) in [6.45, 7) is 2.20. The van der Waals surface area contributed by atoms with Crippen molar-refractivity contribution in [2.24, 2.45) is 10.2 Å². The van der Waals surface area contributed by atoms with Crippen molar-refractivity contribution in [3.05, 3.63) is 64.0 Å². The van der Waals surface area contributed by atoms with E-state index in [2.05, 4.69) is 35.8 Å². The normalized spacial score (nSPS) is 12.7. The van der Waals surface area contributed by atoms with Gasteiger partial charge in [-0.3, -0.25) is 27.6 Å². The highest BCUT2D eigenvalue weighted by Gasteiger charge is 2.27. The van der Waals surface area contributed by atoms with Gasteiger partial charge < -0.3 is 15.7 Å². The van der Waals surface area contributed by atoms with Crippen molar-refractivity contribution >= 4 is 75.1 Å². The molecule has 274 valence electrons. The van der Waals surface area contributed by atoms with E-state index in [0.717, 1.165) is 19.1 Å². The van der Waals surface area contributed by atoms with Crippen LogP contribution in [-0.4, -0.2) is 76.5 Å². The molecule has 0 saturated heterocycles. The van der Waals surface area contributed by atoms with E-state index in [-0.39, 0.29) is 17.8 Å². The first-order valence-electron chi connectivity index (χ1n) is 13.4. The van der Waals surface area contributed by atoms with Gasteiger partial charge >= 0.3 is 6.08 Å². The monoisotopic (exact) mass is 794 g/mol. The molecule has 0 amide bonds. The smallest absolute Gasteiger partial charge is 0.315 e. The van der Waals surface area contributed by atoms with Crippen LogP contribution in [0.25, 0.3) is 0 Å². The van der Waals surface area contributed by atoms with Crippen LogP contribution in [0.4, 0.5) is 39.0 Å². The summed E-state index contributed by atoms with van der Waals surface area (Å²) in [5.74, 6) is -3.52. The van der Waals surface area contributed by atoms with Gasteiger partial charge in [0, 0.05) is 17.8 Å². The van der Waals surface area contributed by atoms with E-state index in [4.69, 9.17) is 0 Å². The molecule has 2 aromatic heterocycles. The lowest BCUT2D eigenvalue weighted by molar-refractivity contribution is 0.403. The quantitative estimate of drug-likeness (QED) is 0.0798. The first-order chi connectivity index (χ1) is 23.4. The summed E-state index contributed by atoms with van der Waals surface area (Å²) in [6.07, 6.45) is -1.52. The van der Waals surface area contributed by atoms with Crippen LogP contribution in [0.5, 0.6) is 5.88 Å². The van der Waals surface area contributed by atoms with Gasteiger partial charge in [0.1, 0.15) is 21.2 Å². The summed E-state index contributed by atoms with van der Waals surface area (Å²) >= 11 is 0. The summed E-state index contributed by atoms with van der Waals surface area (Å²) in [6, 6.07) is 5.14. The topological polar surface area (TPSA) is 347 Å². The highest BCUT2D eigenvalue weighted by molar-refractivity contribution is 7.86. The number of pyridine rings is 1. The summed E-state index contributed by atoms with van der Waals surface area (Å²) in [5, 5.41) is 22.1. The molecule has 7 N–H and O–H groups in total. The minimum atomic E-state index is -5.38. The SMILES string of the molecule is CCn1c(O)c(CS(=O)(=O)O)c(C)c(N=Nc2cc(S(=O)(=O)O)c(Nc3nc(F)nc(Nc4cccc(S(=O)(=O)O)c4)n3)cc2S(=O)(=O)O)c1=O. The third kappa shape index (κ3) is 9.21. The second kappa shape index (κ2) is 13.9. The van der Waals surface area contributed by atoms with Gasteiger partial charge in [-0.1, -0.05) is 6.07 Å². The number of halogens is 1. The zero-order valence-corrected chi connectivity index (χ0v) is 28.7. The molecule has 0 aliphatic rings. The highest BCUT2D eigenvalue weighted by atomic mass is 32.2. The first kappa shape index (κ1) is 38.8. The molecule has 22 nitrogen and oxygen atoms in total. The lowest BCUT2D eigenvalue weighted by atomic mass is 10.1. The van der Waals surface area contributed by atoms with Crippen LogP contribution in [-0.2, 0) is 52.8 Å². The maximum atomic E-state index is 14.4. The maximum Gasteiger partial charge on any atom is 0.315 e. The molecular formula is C24H23FN8O14S4. The van der Waals surface area contributed by atoms with Gasteiger partial charge in [0.2, 0.25) is 11.9 Å². The van der Waals surface area contributed by atoms with Gasteiger partial charge in [-0.15, -0.1) is 10.2 Å². The Kier molecular flexibility index (Phi) is 10.6. The Bertz CT molecular complexity index is 2620. The molecule has 0 aliphatic heterocycles. The first-order valence-corrected chi connectivity index (χ1v) is 19.3. The van der Waals surface area contributed by atoms with Gasteiger partial charge in [-0.25, -0.2) is 0 Å². The Morgan fingerprint density at radius 2 is 1.43 bits per heavy atom. The largest absolute Gasteiger partial charge is 0.494 e. The number of aromatic hydroxyl groups is 1. The van der Waals surface area contributed by atoms with E-state index >= 15 is 0 Å². The van der Waals surface area contributed by atoms with Crippen LogP contribution in [0.15, 0.2) is 66.1 Å². The molecule has 0 unspecified atom stereocenters. The average molecular weight is 795 g/mol. The molecule has 0 fully saturated rings. The van der Waals surface area contributed by atoms with E-state index in [1.54, 1.807) is 0 Å². The second-order valence-corrected chi connectivity index (χ2v) is 15.7. The number of nitrogens with one attached hydrogen (secondary N) is 2. The zero-order chi connectivity index (χ0) is 38.3. The molecule has 0 saturated carbocycles. The Hall–Kier alpha value is -5.03. The molecule has 4 rings (SSSR count). The fourth-order valence-corrected chi connectivity index (χ4v) is 6.84. The maximum absolute atomic E-state index is 14.4. The van der Waals surface area contributed by atoms with Crippen molar-refractivity contribution in [1.82, 2.24) is 19.5 Å². The van der Waals surface area contributed by atoms with Crippen molar-refractivity contribution in [2.45, 2.75) is 40.8 Å². The van der Waals surface area contributed by atoms with Crippen LogP contribution in [0, 0.1) is 13.0 Å². The van der Waals surface area contributed by atoms with Gasteiger partial charge in [-0.05, 0) is 49.7 Å². The number of anilines is 4. The van der Waals surface area contributed by atoms with Crippen LogP contribution in [0.1, 0.15) is 18.1 Å². The van der Waals surface area contributed by atoms with Crippen molar-refractivity contribution in [3.63, 3.8) is 0 Å². The Labute approximate surface area is 286 Å². The number of hydrogen-bond acceptors (Lipinski definition) is 17. The fraction of sp³-hybridized carbons (Fsp3) is 0.167. The molecule has 51 heavy (non-hydrogen) atoms. The molecule has 0 aliphatic carbocycles. The average Bonchev–Trinajstić information content (AvgIpc) is 2.98. The molecule has 0 bridgehead atoms. The molecule has 2 aromatic carbocycles. The van der Waals surface area contributed by atoms with E-state index in [1.165, 1.54) is 19.1 Å². The summed E-state index contributed by atoms with van der Waals surface area (Å²) in [4.78, 5) is 20.4. The minimum absolute atomic E-state index is 0.0941.